The van der Waals surface area contributed by atoms with Crippen LogP contribution in [0.4, 0.5) is 17.1 Å². The minimum absolute atomic E-state index is 0.181. The lowest BCUT2D eigenvalue weighted by atomic mass is 9.79. The third-order valence-corrected chi connectivity index (χ3v) is 8.27. The molecule has 0 heterocycles. The van der Waals surface area contributed by atoms with Gasteiger partial charge >= 0.3 is 0 Å². The number of nitrogens with two attached hydrogens (primary N) is 3. The van der Waals surface area contributed by atoms with Crippen molar-refractivity contribution in [2.24, 2.45) is 0 Å². The molecular formula is C20H15N3O11S3. The van der Waals surface area contributed by atoms with Crippen molar-refractivity contribution >= 4 is 59.0 Å². The summed E-state index contributed by atoms with van der Waals surface area (Å²) in [5.41, 5.74) is 11.5. The number of rotatable bonds is 4. The number of hydrogen-bond donors (Lipinski definition) is 6. The van der Waals surface area contributed by atoms with Crippen molar-refractivity contribution in [3.05, 3.63) is 58.7 Å². The largest absolute Gasteiger partial charge is 0.399 e. The van der Waals surface area contributed by atoms with Crippen LogP contribution < -0.4 is 17.2 Å². The predicted molar refractivity (Wildman–Crippen MR) is 128 cm³/mol. The lowest BCUT2D eigenvalue weighted by Crippen LogP contribution is -2.26. The van der Waals surface area contributed by atoms with Crippen molar-refractivity contribution in [1.82, 2.24) is 0 Å². The molecule has 0 unspecified atom stereocenters. The molecule has 0 amide bonds. The van der Waals surface area contributed by atoms with Gasteiger partial charge in [0.1, 0.15) is 9.79 Å². The van der Waals surface area contributed by atoms with E-state index < -0.39 is 101 Å². The molecule has 0 saturated heterocycles. The predicted octanol–water partition coefficient (Wildman–Crippen LogP) is 0.616. The first-order valence-electron chi connectivity index (χ1n) is 9.66. The van der Waals surface area contributed by atoms with E-state index in [9.17, 15) is 48.5 Å². The van der Waals surface area contributed by atoms with Gasteiger partial charge in [0, 0.05) is 33.5 Å². The second kappa shape index (κ2) is 8.07. The topological polar surface area (TPSA) is 275 Å². The molecule has 1 aliphatic carbocycles. The van der Waals surface area contributed by atoms with E-state index in [2.05, 4.69) is 0 Å². The van der Waals surface area contributed by atoms with Gasteiger partial charge in [0.25, 0.3) is 30.4 Å². The van der Waals surface area contributed by atoms with E-state index in [0.29, 0.717) is 6.07 Å². The van der Waals surface area contributed by atoms with Crippen molar-refractivity contribution in [2.45, 2.75) is 14.7 Å². The van der Waals surface area contributed by atoms with Crippen LogP contribution in [0.25, 0.3) is 11.1 Å². The monoisotopic (exact) mass is 569 g/mol. The van der Waals surface area contributed by atoms with Gasteiger partial charge in [-0.2, -0.15) is 25.3 Å². The molecule has 0 saturated carbocycles. The lowest BCUT2D eigenvalue weighted by Gasteiger charge is -2.26. The molecule has 17 heteroatoms. The Morgan fingerprint density at radius 1 is 0.568 bits per heavy atom. The number of carbonyl (C=O) groups excluding carboxylic acids is 2. The first-order chi connectivity index (χ1) is 16.9. The number of ketones is 2. The van der Waals surface area contributed by atoms with Gasteiger partial charge in [0.2, 0.25) is 0 Å². The fourth-order valence-corrected chi connectivity index (χ4v) is 6.08. The molecule has 0 spiro atoms. The van der Waals surface area contributed by atoms with Crippen molar-refractivity contribution in [3.63, 3.8) is 0 Å². The van der Waals surface area contributed by atoms with Crippen molar-refractivity contribution in [2.75, 3.05) is 17.2 Å². The Hall–Kier alpha value is -3.87. The maximum absolute atomic E-state index is 13.6. The molecule has 0 radical (unpaired) electrons. The molecule has 194 valence electrons. The Labute approximate surface area is 208 Å². The normalized spacial score (nSPS) is 13.8. The third-order valence-electron chi connectivity index (χ3n) is 5.57. The Kier molecular flexibility index (Phi) is 5.71. The van der Waals surface area contributed by atoms with E-state index in [1.807, 2.05) is 0 Å². The molecule has 0 aliphatic heterocycles. The van der Waals surface area contributed by atoms with Gasteiger partial charge in [0.15, 0.2) is 11.6 Å². The van der Waals surface area contributed by atoms with Gasteiger partial charge in [-0.1, -0.05) is 6.07 Å². The number of anilines is 3. The zero-order valence-electron chi connectivity index (χ0n) is 18.0. The highest BCUT2D eigenvalue weighted by molar-refractivity contribution is 7.86. The van der Waals surface area contributed by atoms with Crippen LogP contribution >= 0.6 is 0 Å². The average molecular weight is 570 g/mol. The number of hydrogen-bond acceptors (Lipinski definition) is 11. The van der Waals surface area contributed by atoms with Gasteiger partial charge in [-0.25, -0.2) is 0 Å². The minimum Gasteiger partial charge on any atom is -0.399 e. The molecule has 0 atom stereocenters. The van der Waals surface area contributed by atoms with Crippen LogP contribution in [-0.2, 0) is 30.4 Å². The molecule has 0 bridgehead atoms. The molecule has 1 aliphatic rings. The van der Waals surface area contributed by atoms with Crippen LogP contribution in [0, 0.1) is 0 Å². The molecule has 3 aromatic carbocycles. The summed E-state index contributed by atoms with van der Waals surface area (Å²) in [5, 5.41) is 0. The molecule has 0 fully saturated rings. The van der Waals surface area contributed by atoms with Gasteiger partial charge in [-0.05, 0) is 30.3 Å². The highest BCUT2D eigenvalue weighted by atomic mass is 32.2. The Morgan fingerprint density at radius 3 is 1.65 bits per heavy atom. The number of benzene rings is 3. The first kappa shape index (κ1) is 26.2. The Bertz CT molecular complexity index is 1910. The van der Waals surface area contributed by atoms with E-state index in [4.69, 9.17) is 17.2 Å². The summed E-state index contributed by atoms with van der Waals surface area (Å²) in [6, 6.07) is 5.18. The summed E-state index contributed by atoms with van der Waals surface area (Å²) >= 11 is 0. The molecule has 9 N–H and O–H groups in total. The van der Waals surface area contributed by atoms with E-state index in [1.54, 1.807) is 0 Å². The SMILES string of the molecule is Nc1ccc(-c2c(N)c(S(=O)(=O)O)c(N)c3c2C(=O)c2cc(S(=O)(=O)O)ccc2C3=O)c(S(=O)(=O)O)c1. The summed E-state index contributed by atoms with van der Waals surface area (Å²) in [4.78, 5) is 24.1. The van der Waals surface area contributed by atoms with Gasteiger partial charge in [-0.15, -0.1) is 0 Å². The number of fused-ring (bicyclic) bond motifs is 2. The van der Waals surface area contributed by atoms with Crippen LogP contribution in [0.15, 0.2) is 51.1 Å². The zero-order valence-corrected chi connectivity index (χ0v) is 20.5. The van der Waals surface area contributed by atoms with Gasteiger partial charge < -0.3 is 17.2 Å². The summed E-state index contributed by atoms with van der Waals surface area (Å²) in [5.74, 6) is -2.28. The second-order valence-corrected chi connectivity index (χ2v) is 12.0. The molecule has 0 aromatic heterocycles. The zero-order chi connectivity index (χ0) is 27.8. The smallest absolute Gasteiger partial charge is 0.298 e. The Morgan fingerprint density at radius 2 is 1.11 bits per heavy atom. The molecule has 37 heavy (non-hydrogen) atoms. The maximum Gasteiger partial charge on any atom is 0.298 e. The Balaban J connectivity index is 2.27. The minimum atomic E-state index is -5.29. The van der Waals surface area contributed by atoms with Crippen LogP contribution in [-0.4, -0.2) is 50.5 Å². The van der Waals surface area contributed by atoms with Crippen LogP contribution in [0.5, 0.6) is 0 Å². The fourth-order valence-electron chi connectivity index (χ4n) is 4.08. The first-order valence-corrected chi connectivity index (χ1v) is 14.0. The van der Waals surface area contributed by atoms with Crippen LogP contribution in [0.1, 0.15) is 31.8 Å². The lowest BCUT2D eigenvalue weighted by molar-refractivity contribution is 0.0979. The van der Waals surface area contributed by atoms with Gasteiger partial charge in [-0.3, -0.25) is 23.2 Å². The quantitative estimate of drug-likeness (QED) is 0.145. The molecular weight excluding hydrogens is 554 g/mol. The summed E-state index contributed by atoms with van der Waals surface area (Å²) in [6.07, 6.45) is 0. The van der Waals surface area contributed by atoms with E-state index in [-0.39, 0.29) is 5.69 Å². The van der Waals surface area contributed by atoms with Crippen molar-refractivity contribution in [1.29, 1.82) is 0 Å². The summed E-state index contributed by atoms with van der Waals surface area (Å²) in [7, 11) is -15.2. The van der Waals surface area contributed by atoms with E-state index >= 15 is 0 Å². The van der Waals surface area contributed by atoms with E-state index in [0.717, 1.165) is 30.3 Å². The molecule has 3 aromatic rings. The number of carbonyl (C=O) groups is 2. The highest BCUT2D eigenvalue weighted by Gasteiger charge is 2.40. The second-order valence-electron chi connectivity index (χ2n) is 7.83. The van der Waals surface area contributed by atoms with Crippen molar-refractivity contribution < 1.29 is 48.5 Å². The molecule has 14 nitrogen and oxygen atoms in total. The van der Waals surface area contributed by atoms with E-state index in [1.165, 1.54) is 0 Å². The van der Waals surface area contributed by atoms with Crippen LogP contribution in [0.3, 0.4) is 0 Å². The molecule has 4 rings (SSSR count). The highest BCUT2D eigenvalue weighted by Crippen LogP contribution is 2.47. The third kappa shape index (κ3) is 4.12. The fraction of sp³-hybridized carbons (Fsp3) is 0. The van der Waals surface area contributed by atoms with Crippen molar-refractivity contribution in [3.8, 4) is 11.1 Å². The number of nitrogen functional groups attached to an aromatic ring is 3. The maximum atomic E-state index is 13.6. The van der Waals surface area contributed by atoms with Gasteiger partial charge in [0.05, 0.1) is 21.8 Å². The standard InChI is InChI=1S/C20H15N3O11S3/c21-7-1-3-10(12(5-7)36(29,30)31)13-14-15(17(23)20(16(13)22)37(32,33)34)18(24)9-4-2-8(35(26,27)28)6-11(9)19(14)25/h1-6H,21-23H2,(H,26,27,28)(H,29,30,31)(H,32,33,34). The summed E-state index contributed by atoms with van der Waals surface area (Å²) in [6.45, 7) is 0. The average Bonchev–Trinajstić information content (AvgIpc) is 2.75. The van der Waals surface area contributed by atoms with Crippen LogP contribution in [0.2, 0.25) is 0 Å². The summed E-state index contributed by atoms with van der Waals surface area (Å²) < 4.78 is 101.